The van der Waals surface area contributed by atoms with Crippen molar-refractivity contribution in [3.8, 4) is 5.75 Å². The topological polar surface area (TPSA) is 50.8 Å². The fourth-order valence-electron chi connectivity index (χ4n) is 3.15. The summed E-state index contributed by atoms with van der Waals surface area (Å²) in [5, 5.41) is 3.60. The van der Waals surface area contributed by atoms with Crippen molar-refractivity contribution < 1.29 is 14.3 Å². The average Bonchev–Trinajstić information content (AvgIpc) is 2.69. The van der Waals surface area contributed by atoms with Crippen LogP contribution in [-0.4, -0.2) is 48.8 Å². The third-order valence-electron chi connectivity index (χ3n) is 4.70. The van der Waals surface area contributed by atoms with E-state index in [4.69, 9.17) is 21.1 Å². The van der Waals surface area contributed by atoms with E-state index in [1.807, 2.05) is 6.07 Å². The minimum Gasteiger partial charge on any atom is -0.478 e. The maximum absolute atomic E-state index is 12.6. The highest BCUT2D eigenvalue weighted by atomic mass is 35.5. The number of nitrogens with one attached hydrogen (secondary N) is 1. The molecule has 0 aromatic heterocycles. The third-order valence-corrected chi connectivity index (χ3v) is 4.95. The van der Waals surface area contributed by atoms with E-state index in [2.05, 4.69) is 34.5 Å². The second-order valence-electron chi connectivity index (χ2n) is 7.49. The number of benzene rings is 2. The monoisotopic (exact) mass is 402 g/mol. The Morgan fingerprint density at radius 3 is 2.64 bits per heavy atom. The van der Waals surface area contributed by atoms with Gasteiger partial charge in [0.25, 0.3) is 5.91 Å². The van der Waals surface area contributed by atoms with E-state index in [0.717, 1.165) is 19.6 Å². The minimum absolute atomic E-state index is 0.0345. The van der Waals surface area contributed by atoms with E-state index in [1.165, 1.54) is 5.56 Å². The van der Waals surface area contributed by atoms with Gasteiger partial charge in [0.15, 0.2) is 5.60 Å². The molecule has 0 spiro atoms. The molecule has 2 aromatic rings. The van der Waals surface area contributed by atoms with Crippen molar-refractivity contribution in [3.63, 3.8) is 0 Å². The quantitative estimate of drug-likeness (QED) is 0.769. The van der Waals surface area contributed by atoms with Gasteiger partial charge in [0, 0.05) is 31.2 Å². The zero-order valence-electron chi connectivity index (χ0n) is 16.4. The number of ether oxygens (including phenoxy) is 2. The highest BCUT2D eigenvalue weighted by Crippen LogP contribution is 2.21. The number of amides is 1. The number of carbonyl (C=O) groups excluding carboxylic acids is 1. The van der Waals surface area contributed by atoms with Crippen LogP contribution in [0.15, 0.2) is 54.6 Å². The molecule has 1 atom stereocenters. The summed E-state index contributed by atoms with van der Waals surface area (Å²) in [6, 6.07) is 17.4. The Labute approximate surface area is 171 Å². The molecule has 1 unspecified atom stereocenters. The second-order valence-corrected chi connectivity index (χ2v) is 7.93. The lowest BCUT2D eigenvalue weighted by Gasteiger charge is -2.34. The van der Waals surface area contributed by atoms with Crippen molar-refractivity contribution in [2.24, 2.45) is 0 Å². The molecule has 1 aliphatic heterocycles. The van der Waals surface area contributed by atoms with Gasteiger partial charge in [-0.05, 0) is 43.7 Å². The molecule has 0 aliphatic carbocycles. The maximum atomic E-state index is 12.6. The van der Waals surface area contributed by atoms with E-state index in [-0.39, 0.29) is 12.0 Å². The number of rotatable bonds is 7. The standard InChI is InChI=1S/C22H27ClN2O3/c1-22(2,28-19-10-8-18(23)9-11-19)21(26)24-14-20-16-25(12-13-27-20)15-17-6-4-3-5-7-17/h3-11,20H,12-16H2,1-2H3,(H,24,26). The molecule has 1 N–H and O–H groups in total. The highest BCUT2D eigenvalue weighted by Gasteiger charge is 2.31. The molecule has 6 heteroatoms. The van der Waals surface area contributed by atoms with Crippen LogP contribution >= 0.6 is 11.6 Å². The first kappa shape index (κ1) is 20.6. The Hall–Kier alpha value is -2.08. The average molecular weight is 403 g/mol. The van der Waals surface area contributed by atoms with Crippen molar-refractivity contribution in [2.75, 3.05) is 26.2 Å². The van der Waals surface area contributed by atoms with Crippen molar-refractivity contribution in [2.45, 2.75) is 32.1 Å². The van der Waals surface area contributed by atoms with Crippen LogP contribution in [0.2, 0.25) is 5.02 Å². The first-order valence-electron chi connectivity index (χ1n) is 9.53. The molecule has 0 bridgehead atoms. The molecule has 1 saturated heterocycles. The molecule has 28 heavy (non-hydrogen) atoms. The number of nitrogens with zero attached hydrogens (tertiary/aromatic N) is 1. The predicted octanol–water partition coefficient (Wildman–Crippen LogP) is 3.51. The Morgan fingerprint density at radius 1 is 1.21 bits per heavy atom. The Kier molecular flexibility index (Phi) is 6.94. The Morgan fingerprint density at radius 2 is 1.93 bits per heavy atom. The first-order chi connectivity index (χ1) is 13.4. The summed E-state index contributed by atoms with van der Waals surface area (Å²) in [4.78, 5) is 15.0. The van der Waals surface area contributed by atoms with Crippen molar-refractivity contribution >= 4 is 17.5 Å². The predicted molar refractivity (Wildman–Crippen MR) is 111 cm³/mol. The van der Waals surface area contributed by atoms with Gasteiger partial charge < -0.3 is 14.8 Å². The van der Waals surface area contributed by atoms with Gasteiger partial charge in [-0.3, -0.25) is 9.69 Å². The third kappa shape index (κ3) is 5.96. The molecule has 2 aromatic carbocycles. The van der Waals surface area contributed by atoms with Crippen LogP contribution in [0, 0.1) is 0 Å². The van der Waals surface area contributed by atoms with Crippen molar-refractivity contribution in [1.82, 2.24) is 10.2 Å². The lowest BCUT2D eigenvalue weighted by Crippen LogP contribution is -2.52. The summed E-state index contributed by atoms with van der Waals surface area (Å²) in [7, 11) is 0. The van der Waals surface area contributed by atoms with E-state index < -0.39 is 5.60 Å². The molecule has 5 nitrogen and oxygen atoms in total. The number of hydrogen-bond donors (Lipinski definition) is 1. The summed E-state index contributed by atoms with van der Waals surface area (Å²) < 4.78 is 11.7. The smallest absolute Gasteiger partial charge is 0.263 e. The summed E-state index contributed by atoms with van der Waals surface area (Å²) in [5.41, 5.74) is 0.288. The molecule has 1 fully saturated rings. The van der Waals surface area contributed by atoms with Crippen LogP contribution in [0.1, 0.15) is 19.4 Å². The zero-order chi connectivity index (χ0) is 20.0. The van der Waals surface area contributed by atoms with Gasteiger partial charge in [-0.1, -0.05) is 41.9 Å². The van der Waals surface area contributed by atoms with Gasteiger partial charge in [0.2, 0.25) is 0 Å². The Bertz CT molecular complexity index is 765. The lowest BCUT2D eigenvalue weighted by molar-refractivity contribution is -0.135. The molecule has 1 amide bonds. The van der Waals surface area contributed by atoms with Crippen molar-refractivity contribution in [3.05, 3.63) is 65.2 Å². The van der Waals surface area contributed by atoms with Gasteiger partial charge in [-0.25, -0.2) is 0 Å². The SMILES string of the molecule is CC(C)(Oc1ccc(Cl)cc1)C(=O)NCC1CN(Cc2ccccc2)CCO1. The zero-order valence-corrected chi connectivity index (χ0v) is 17.1. The van der Waals surface area contributed by atoms with Gasteiger partial charge in [-0.15, -0.1) is 0 Å². The van der Waals surface area contributed by atoms with Gasteiger partial charge in [0.1, 0.15) is 5.75 Å². The van der Waals surface area contributed by atoms with Crippen LogP contribution in [0.5, 0.6) is 5.75 Å². The molecular weight excluding hydrogens is 376 g/mol. The summed E-state index contributed by atoms with van der Waals surface area (Å²) in [6.07, 6.45) is -0.0345. The number of halogens is 1. The normalized spacial score (nSPS) is 17.9. The summed E-state index contributed by atoms with van der Waals surface area (Å²) in [5.74, 6) is 0.429. The van der Waals surface area contributed by atoms with Gasteiger partial charge in [-0.2, -0.15) is 0 Å². The molecule has 0 saturated carbocycles. The van der Waals surface area contributed by atoms with Crippen LogP contribution in [0.4, 0.5) is 0 Å². The maximum Gasteiger partial charge on any atom is 0.263 e. The van der Waals surface area contributed by atoms with E-state index in [0.29, 0.717) is 23.9 Å². The van der Waals surface area contributed by atoms with Crippen LogP contribution in [0.25, 0.3) is 0 Å². The van der Waals surface area contributed by atoms with Crippen LogP contribution < -0.4 is 10.1 Å². The van der Waals surface area contributed by atoms with Crippen molar-refractivity contribution in [1.29, 1.82) is 0 Å². The van der Waals surface area contributed by atoms with Crippen LogP contribution in [-0.2, 0) is 16.1 Å². The largest absolute Gasteiger partial charge is 0.478 e. The molecule has 3 rings (SSSR count). The number of morpholine rings is 1. The Balaban J connectivity index is 1.48. The van der Waals surface area contributed by atoms with Crippen LogP contribution in [0.3, 0.4) is 0 Å². The summed E-state index contributed by atoms with van der Waals surface area (Å²) >= 11 is 5.89. The highest BCUT2D eigenvalue weighted by molar-refractivity contribution is 6.30. The van der Waals surface area contributed by atoms with Gasteiger partial charge >= 0.3 is 0 Å². The molecular formula is C22H27ClN2O3. The lowest BCUT2D eigenvalue weighted by atomic mass is 10.1. The number of hydrogen-bond acceptors (Lipinski definition) is 4. The molecule has 1 aliphatic rings. The molecule has 150 valence electrons. The first-order valence-corrected chi connectivity index (χ1v) is 9.91. The van der Waals surface area contributed by atoms with Gasteiger partial charge in [0.05, 0.1) is 12.7 Å². The van der Waals surface area contributed by atoms with E-state index in [1.54, 1.807) is 38.1 Å². The fourth-order valence-corrected chi connectivity index (χ4v) is 3.28. The summed E-state index contributed by atoms with van der Waals surface area (Å²) in [6.45, 7) is 7.19. The fraction of sp³-hybridized carbons (Fsp3) is 0.409. The van der Waals surface area contributed by atoms with E-state index >= 15 is 0 Å². The second kappa shape index (κ2) is 9.41. The molecule has 1 heterocycles. The minimum atomic E-state index is -0.994. The number of carbonyl (C=O) groups is 1. The molecule has 0 radical (unpaired) electrons. The van der Waals surface area contributed by atoms with E-state index in [9.17, 15) is 4.79 Å².